The zero-order valence-electron chi connectivity index (χ0n) is 31.5. The van der Waals surface area contributed by atoms with Crippen LogP contribution in [-0.4, -0.2) is 37.2 Å². The largest absolute Gasteiger partial charge is 0.462 e. The summed E-state index contributed by atoms with van der Waals surface area (Å²) >= 11 is 0. The van der Waals surface area contributed by atoms with E-state index in [0.717, 1.165) is 89.9 Å². The summed E-state index contributed by atoms with van der Waals surface area (Å²) in [4.78, 5) is 37.4. The van der Waals surface area contributed by atoms with Gasteiger partial charge in [0.05, 0.1) is 0 Å². The van der Waals surface area contributed by atoms with Crippen molar-refractivity contribution in [3.63, 3.8) is 0 Å². The Morgan fingerprint density at radius 2 is 0.833 bits per heavy atom. The number of carbonyl (C=O) groups excluding carboxylic acids is 3. The van der Waals surface area contributed by atoms with E-state index in [1.165, 1.54) is 64.2 Å². The summed E-state index contributed by atoms with van der Waals surface area (Å²) < 4.78 is 16.5. The number of esters is 3. The Labute approximate surface area is 295 Å². The van der Waals surface area contributed by atoms with Crippen LogP contribution in [0.1, 0.15) is 194 Å². The number of hydrogen-bond donors (Lipinski definition) is 0. The maximum absolute atomic E-state index is 12.6. The summed E-state index contributed by atoms with van der Waals surface area (Å²) in [6.07, 6.45) is 40.0. The van der Waals surface area contributed by atoms with Crippen LogP contribution in [0.3, 0.4) is 0 Å². The molecule has 0 rings (SSSR count). The van der Waals surface area contributed by atoms with Crippen LogP contribution in [0, 0.1) is 0 Å². The van der Waals surface area contributed by atoms with Gasteiger partial charge in [0.15, 0.2) is 6.10 Å². The molecule has 0 aliphatic rings. The Bertz CT molecular complexity index is 830. The molecule has 48 heavy (non-hydrogen) atoms. The molecule has 0 fully saturated rings. The molecule has 0 bridgehead atoms. The van der Waals surface area contributed by atoms with Crippen LogP contribution in [0.15, 0.2) is 36.5 Å². The van der Waals surface area contributed by atoms with E-state index in [-0.39, 0.29) is 31.1 Å². The van der Waals surface area contributed by atoms with Gasteiger partial charge >= 0.3 is 17.9 Å². The molecular formula is C42H74O6. The normalized spacial score (nSPS) is 12.3. The lowest BCUT2D eigenvalue weighted by molar-refractivity contribution is -0.167. The molecule has 0 aromatic heterocycles. The van der Waals surface area contributed by atoms with E-state index in [1.54, 1.807) is 0 Å². The molecule has 0 amide bonds. The monoisotopic (exact) mass is 675 g/mol. The van der Waals surface area contributed by atoms with Crippen molar-refractivity contribution in [2.45, 2.75) is 200 Å². The Balaban J connectivity index is 4.41. The van der Waals surface area contributed by atoms with Gasteiger partial charge in [-0.25, -0.2) is 0 Å². The third kappa shape index (κ3) is 35.0. The van der Waals surface area contributed by atoms with Crippen molar-refractivity contribution in [3.8, 4) is 0 Å². The van der Waals surface area contributed by atoms with Crippen LogP contribution in [-0.2, 0) is 28.6 Å². The lowest BCUT2D eigenvalue weighted by Gasteiger charge is -2.18. The van der Waals surface area contributed by atoms with Crippen molar-refractivity contribution in [3.05, 3.63) is 36.5 Å². The molecule has 0 N–H and O–H groups in total. The van der Waals surface area contributed by atoms with E-state index in [9.17, 15) is 14.4 Å². The summed E-state index contributed by atoms with van der Waals surface area (Å²) in [7, 11) is 0. The van der Waals surface area contributed by atoms with Crippen molar-refractivity contribution in [1.29, 1.82) is 0 Å². The number of hydrogen-bond acceptors (Lipinski definition) is 6. The fourth-order valence-electron chi connectivity index (χ4n) is 5.34. The van der Waals surface area contributed by atoms with Crippen molar-refractivity contribution >= 4 is 17.9 Å². The first-order valence-corrected chi connectivity index (χ1v) is 20.0. The lowest BCUT2D eigenvalue weighted by atomic mass is 10.1. The Hall–Kier alpha value is -2.37. The molecule has 278 valence electrons. The van der Waals surface area contributed by atoms with Gasteiger partial charge in [-0.1, -0.05) is 147 Å². The second-order valence-corrected chi connectivity index (χ2v) is 13.2. The van der Waals surface area contributed by atoms with Crippen LogP contribution < -0.4 is 0 Å². The number of rotatable bonds is 35. The smallest absolute Gasteiger partial charge is 0.306 e. The molecule has 0 radical (unpaired) electrons. The van der Waals surface area contributed by atoms with Crippen LogP contribution >= 0.6 is 0 Å². The number of ether oxygens (including phenoxy) is 3. The molecule has 0 saturated carbocycles. The SMILES string of the molecule is CC/C=C\C/C=C\CCCCC(=O)OCC(COC(=O)CCCCCCCCCCCCC)OC(=O)CCCCCC/C=C\CCCC. The molecule has 0 aliphatic heterocycles. The first-order valence-electron chi connectivity index (χ1n) is 20.0. The van der Waals surface area contributed by atoms with Gasteiger partial charge in [-0.05, 0) is 64.2 Å². The van der Waals surface area contributed by atoms with E-state index in [1.807, 2.05) is 0 Å². The summed E-state index contributed by atoms with van der Waals surface area (Å²) in [5.74, 6) is -0.945. The summed E-state index contributed by atoms with van der Waals surface area (Å²) in [6, 6.07) is 0. The van der Waals surface area contributed by atoms with E-state index in [0.29, 0.717) is 19.3 Å². The lowest BCUT2D eigenvalue weighted by Crippen LogP contribution is -2.30. The van der Waals surface area contributed by atoms with Gasteiger partial charge in [-0.2, -0.15) is 0 Å². The topological polar surface area (TPSA) is 78.9 Å². The maximum atomic E-state index is 12.6. The van der Waals surface area contributed by atoms with Gasteiger partial charge in [-0.3, -0.25) is 14.4 Å². The van der Waals surface area contributed by atoms with Gasteiger partial charge in [0, 0.05) is 19.3 Å². The summed E-state index contributed by atoms with van der Waals surface area (Å²) in [5.41, 5.74) is 0. The van der Waals surface area contributed by atoms with Crippen LogP contribution in [0.4, 0.5) is 0 Å². The summed E-state index contributed by atoms with van der Waals surface area (Å²) in [6.45, 7) is 6.39. The molecule has 0 aliphatic carbocycles. The van der Waals surface area contributed by atoms with Gasteiger partial charge in [0.2, 0.25) is 0 Å². The molecule has 6 heteroatoms. The highest BCUT2D eigenvalue weighted by Crippen LogP contribution is 2.13. The third-order valence-corrected chi connectivity index (χ3v) is 8.38. The van der Waals surface area contributed by atoms with Crippen LogP contribution in [0.25, 0.3) is 0 Å². The fourth-order valence-corrected chi connectivity index (χ4v) is 5.34. The predicted molar refractivity (Wildman–Crippen MR) is 201 cm³/mol. The van der Waals surface area contributed by atoms with Crippen molar-refractivity contribution in [2.75, 3.05) is 13.2 Å². The number of carbonyl (C=O) groups is 3. The molecule has 0 aromatic carbocycles. The second kappa shape index (κ2) is 37.4. The fraction of sp³-hybridized carbons (Fsp3) is 0.786. The maximum Gasteiger partial charge on any atom is 0.306 e. The third-order valence-electron chi connectivity index (χ3n) is 8.38. The number of unbranched alkanes of at least 4 members (excludes halogenated alkanes) is 18. The average Bonchev–Trinajstić information content (AvgIpc) is 3.08. The minimum atomic E-state index is -0.782. The highest BCUT2D eigenvalue weighted by molar-refractivity contribution is 5.71. The molecular weight excluding hydrogens is 600 g/mol. The minimum absolute atomic E-state index is 0.0858. The van der Waals surface area contributed by atoms with Crippen molar-refractivity contribution < 1.29 is 28.6 Å². The Morgan fingerprint density at radius 1 is 0.438 bits per heavy atom. The minimum Gasteiger partial charge on any atom is -0.462 e. The van der Waals surface area contributed by atoms with E-state index in [4.69, 9.17) is 14.2 Å². The van der Waals surface area contributed by atoms with E-state index >= 15 is 0 Å². The number of allylic oxidation sites excluding steroid dienone is 6. The quantitative estimate of drug-likeness (QED) is 0.0288. The van der Waals surface area contributed by atoms with Gasteiger partial charge < -0.3 is 14.2 Å². The highest BCUT2D eigenvalue weighted by atomic mass is 16.6. The average molecular weight is 675 g/mol. The highest BCUT2D eigenvalue weighted by Gasteiger charge is 2.19. The van der Waals surface area contributed by atoms with Gasteiger partial charge in [0.1, 0.15) is 13.2 Å². The molecule has 0 aromatic rings. The Kier molecular flexibility index (Phi) is 35.6. The van der Waals surface area contributed by atoms with Gasteiger partial charge in [-0.15, -0.1) is 0 Å². The first kappa shape index (κ1) is 45.6. The standard InChI is InChI=1S/C42H74O6/c1-4-7-10-13-16-19-21-24-26-29-32-35-41(44)47-38-39(37-46-40(43)34-31-28-25-22-18-15-12-9-6-3)48-42(45)36-33-30-27-23-20-17-14-11-8-5-2/h9,12,14,17-18,22,39H,4-8,10-11,13,15-16,19-21,23-38H2,1-3H3/b12-9-,17-14-,22-18-. The van der Waals surface area contributed by atoms with Gasteiger partial charge in [0.25, 0.3) is 0 Å². The molecule has 0 heterocycles. The van der Waals surface area contributed by atoms with Crippen LogP contribution in [0.2, 0.25) is 0 Å². The van der Waals surface area contributed by atoms with E-state index in [2.05, 4.69) is 57.2 Å². The molecule has 6 nitrogen and oxygen atoms in total. The molecule has 0 spiro atoms. The van der Waals surface area contributed by atoms with E-state index < -0.39 is 6.10 Å². The zero-order valence-corrected chi connectivity index (χ0v) is 31.5. The zero-order chi connectivity index (χ0) is 35.2. The van der Waals surface area contributed by atoms with Crippen LogP contribution in [0.5, 0.6) is 0 Å². The van der Waals surface area contributed by atoms with Crippen molar-refractivity contribution in [2.24, 2.45) is 0 Å². The first-order chi connectivity index (χ1) is 23.5. The molecule has 1 atom stereocenters. The molecule has 0 saturated heterocycles. The molecule has 1 unspecified atom stereocenters. The van der Waals surface area contributed by atoms with Crippen molar-refractivity contribution in [1.82, 2.24) is 0 Å². The predicted octanol–water partition coefficient (Wildman–Crippen LogP) is 12.2. The Morgan fingerprint density at radius 3 is 1.38 bits per heavy atom. The summed E-state index contributed by atoms with van der Waals surface area (Å²) in [5, 5.41) is 0. The second-order valence-electron chi connectivity index (χ2n) is 13.2.